The third-order valence-corrected chi connectivity index (χ3v) is 5.10. The summed E-state index contributed by atoms with van der Waals surface area (Å²) in [7, 11) is 0. The fraction of sp³-hybridized carbons (Fsp3) is 0.0833. The molecule has 0 saturated carbocycles. The van der Waals surface area contributed by atoms with Crippen LogP contribution in [0.2, 0.25) is 5.02 Å². The second-order valence-corrected chi connectivity index (χ2v) is 7.57. The zero-order valence-electron chi connectivity index (χ0n) is 16.8. The number of carbonyl (C=O) groups excluding carboxylic acids is 1. The number of aryl methyl sites for hydroxylation is 1. The summed E-state index contributed by atoms with van der Waals surface area (Å²) >= 11 is 5.90. The fourth-order valence-electron chi connectivity index (χ4n) is 3.21. The zero-order chi connectivity index (χ0) is 21.9. The van der Waals surface area contributed by atoms with Gasteiger partial charge in [0.05, 0.1) is 0 Å². The van der Waals surface area contributed by atoms with Crippen molar-refractivity contribution in [3.8, 4) is 22.8 Å². The molecule has 158 valence electrons. The van der Waals surface area contributed by atoms with Gasteiger partial charge in [0.15, 0.2) is 5.58 Å². The summed E-state index contributed by atoms with van der Waals surface area (Å²) in [5.41, 5.74) is 3.86. The van der Waals surface area contributed by atoms with Crippen LogP contribution in [0.4, 0.5) is 5.69 Å². The van der Waals surface area contributed by atoms with Crippen LogP contribution < -0.4 is 5.32 Å². The summed E-state index contributed by atoms with van der Waals surface area (Å²) in [5.74, 6) is 1.26. The normalized spacial score (nSPS) is 11.0. The fourth-order valence-corrected chi connectivity index (χ4v) is 3.33. The molecule has 3 aromatic carbocycles. The Kier molecular flexibility index (Phi) is 5.39. The third kappa shape index (κ3) is 4.38. The summed E-state index contributed by atoms with van der Waals surface area (Å²) in [4.78, 5) is 21.1. The molecule has 1 amide bonds. The first-order valence-electron chi connectivity index (χ1n) is 9.98. The molecule has 0 aliphatic heterocycles. The van der Waals surface area contributed by atoms with Crippen molar-refractivity contribution in [2.45, 2.75) is 12.8 Å². The number of aromatic nitrogens is 3. The number of benzene rings is 3. The van der Waals surface area contributed by atoms with Crippen molar-refractivity contribution >= 4 is 34.3 Å². The van der Waals surface area contributed by atoms with Crippen LogP contribution in [0.25, 0.3) is 33.9 Å². The number of nitrogens with zero attached hydrogens (tertiary/aromatic N) is 3. The van der Waals surface area contributed by atoms with Crippen molar-refractivity contribution in [3.05, 3.63) is 83.7 Å². The van der Waals surface area contributed by atoms with Crippen LogP contribution in [0.1, 0.15) is 12.3 Å². The number of fused-ring (bicyclic) bond motifs is 1. The first kappa shape index (κ1) is 20.0. The Labute approximate surface area is 188 Å². The van der Waals surface area contributed by atoms with Crippen LogP contribution >= 0.6 is 11.6 Å². The van der Waals surface area contributed by atoms with E-state index in [-0.39, 0.29) is 12.3 Å². The molecule has 1 N–H and O–H groups in total. The zero-order valence-corrected chi connectivity index (χ0v) is 17.5. The number of para-hydroxylation sites is 2. The highest BCUT2D eigenvalue weighted by Gasteiger charge is 2.12. The highest BCUT2D eigenvalue weighted by molar-refractivity contribution is 6.30. The van der Waals surface area contributed by atoms with Gasteiger partial charge in [-0.15, -0.1) is 0 Å². The summed E-state index contributed by atoms with van der Waals surface area (Å²) in [6.45, 7) is 0. The van der Waals surface area contributed by atoms with E-state index >= 15 is 0 Å². The predicted molar refractivity (Wildman–Crippen MR) is 121 cm³/mol. The lowest BCUT2D eigenvalue weighted by Gasteiger charge is -2.04. The quantitative estimate of drug-likeness (QED) is 0.357. The number of carbonyl (C=O) groups is 1. The van der Waals surface area contributed by atoms with Crippen LogP contribution in [-0.2, 0) is 11.2 Å². The van der Waals surface area contributed by atoms with Crippen molar-refractivity contribution in [1.29, 1.82) is 0 Å². The van der Waals surface area contributed by atoms with Gasteiger partial charge >= 0.3 is 0 Å². The van der Waals surface area contributed by atoms with E-state index in [4.69, 9.17) is 20.5 Å². The number of oxazole rings is 1. The standard InChI is InChI=1S/C24H17ClN4O3/c25-17-9-5-15(6-10-17)23-28-22(32-29-23)14-13-21(30)26-18-11-7-16(8-12-18)24-27-19-3-1-2-4-20(19)31-24/h1-12H,13-14H2,(H,26,30). The van der Waals surface area contributed by atoms with Crippen LogP contribution in [-0.4, -0.2) is 21.0 Å². The topological polar surface area (TPSA) is 94.0 Å². The van der Waals surface area contributed by atoms with E-state index in [2.05, 4.69) is 20.4 Å². The SMILES string of the molecule is O=C(CCc1nc(-c2ccc(Cl)cc2)no1)Nc1ccc(-c2nc3ccccc3o2)cc1. The van der Waals surface area contributed by atoms with Crippen LogP contribution in [0.5, 0.6) is 0 Å². The molecule has 0 atom stereocenters. The van der Waals surface area contributed by atoms with E-state index in [0.29, 0.717) is 34.7 Å². The molecule has 0 radical (unpaired) electrons. The molecule has 5 aromatic rings. The first-order chi connectivity index (χ1) is 15.6. The van der Waals surface area contributed by atoms with Gasteiger partial charge in [0.25, 0.3) is 0 Å². The largest absolute Gasteiger partial charge is 0.436 e. The maximum Gasteiger partial charge on any atom is 0.227 e. The molecule has 0 bridgehead atoms. The highest BCUT2D eigenvalue weighted by Crippen LogP contribution is 2.25. The van der Waals surface area contributed by atoms with E-state index in [1.165, 1.54) is 0 Å². The maximum atomic E-state index is 12.3. The lowest BCUT2D eigenvalue weighted by atomic mass is 10.2. The van der Waals surface area contributed by atoms with Crippen LogP contribution in [0.15, 0.2) is 81.7 Å². The van der Waals surface area contributed by atoms with Gasteiger partial charge in [-0.25, -0.2) is 4.98 Å². The van der Waals surface area contributed by atoms with Crippen LogP contribution in [0.3, 0.4) is 0 Å². The molecule has 0 spiro atoms. The van der Waals surface area contributed by atoms with E-state index < -0.39 is 0 Å². The number of hydrogen-bond acceptors (Lipinski definition) is 6. The average Bonchev–Trinajstić information content (AvgIpc) is 3.46. The second-order valence-electron chi connectivity index (χ2n) is 7.13. The Hall–Kier alpha value is -3.97. The van der Waals surface area contributed by atoms with Crippen LogP contribution in [0, 0.1) is 0 Å². The van der Waals surface area contributed by atoms with E-state index in [9.17, 15) is 4.79 Å². The van der Waals surface area contributed by atoms with Gasteiger partial charge < -0.3 is 14.3 Å². The number of rotatable bonds is 6. The minimum atomic E-state index is -0.147. The summed E-state index contributed by atoms with van der Waals surface area (Å²) in [6, 6.07) is 22.1. The lowest BCUT2D eigenvalue weighted by Crippen LogP contribution is -2.12. The van der Waals surface area contributed by atoms with Crippen molar-refractivity contribution in [1.82, 2.24) is 15.1 Å². The average molecular weight is 445 g/mol. The highest BCUT2D eigenvalue weighted by atomic mass is 35.5. The van der Waals surface area contributed by atoms with Gasteiger partial charge in [-0.2, -0.15) is 4.98 Å². The van der Waals surface area contributed by atoms with Gasteiger partial charge in [-0.1, -0.05) is 28.9 Å². The summed E-state index contributed by atoms with van der Waals surface area (Å²) < 4.78 is 11.0. The molecule has 2 aromatic heterocycles. The molecular weight excluding hydrogens is 428 g/mol. The van der Waals surface area contributed by atoms with Crippen molar-refractivity contribution in [3.63, 3.8) is 0 Å². The molecular formula is C24H17ClN4O3. The number of nitrogens with one attached hydrogen (secondary N) is 1. The van der Waals surface area contributed by atoms with Gasteiger partial charge in [0.2, 0.25) is 23.5 Å². The summed E-state index contributed by atoms with van der Waals surface area (Å²) in [5, 5.41) is 7.46. The van der Waals surface area contributed by atoms with Gasteiger partial charge in [0, 0.05) is 34.7 Å². The van der Waals surface area contributed by atoms with E-state index in [0.717, 1.165) is 22.2 Å². The van der Waals surface area contributed by atoms with Crippen molar-refractivity contribution in [2.24, 2.45) is 0 Å². The molecule has 5 rings (SSSR count). The predicted octanol–water partition coefficient (Wildman–Crippen LogP) is 5.77. The minimum absolute atomic E-state index is 0.147. The van der Waals surface area contributed by atoms with E-state index in [1.54, 1.807) is 12.1 Å². The first-order valence-corrected chi connectivity index (χ1v) is 10.4. The summed E-state index contributed by atoms with van der Waals surface area (Å²) in [6.07, 6.45) is 0.558. The van der Waals surface area contributed by atoms with Gasteiger partial charge in [-0.05, 0) is 60.7 Å². The molecule has 7 nitrogen and oxygen atoms in total. The molecule has 8 heteroatoms. The maximum absolute atomic E-state index is 12.3. The number of halogens is 1. The molecule has 0 unspecified atom stereocenters. The van der Waals surface area contributed by atoms with Gasteiger partial charge in [-0.3, -0.25) is 4.79 Å². The molecule has 32 heavy (non-hydrogen) atoms. The molecule has 2 heterocycles. The van der Waals surface area contributed by atoms with E-state index in [1.807, 2.05) is 60.7 Å². The Morgan fingerprint density at radius 1 is 0.906 bits per heavy atom. The number of amides is 1. The number of hydrogen-bond donors (Lipinski definition) is 1. The molecule has 0 aliphatic carbocycles. The molecule has 0 fully saturated rings. The Morgan fingerprint density at radius 3 is 2.44 bits per heavy atom. The van der Waals surface area contributed by atoms with Crippen molar-refractivity contribution < 1.29 is 13.7 Å². The van der Waals surface area contributed by atoms with Crippen molar-refractivity contribution in [2.75, 3.05) is 5.32 Å². The number of anilines is 1. The lowest BCUT2D eigenvalue weighted by molar-refractivity contribution is -0.116. The second kappa shape index (κ2) is 8.64. The molecule has 0 saturated heterocycles. The Bertz CT molecular complexity index is 1340. The minimum Gasteiger partial charge on any atom is -0.436 e. The monoisotopic (exact) mass is 444 g/mol. The van der Waals surface area contributed by atoms with Gasteiger partial charge in [0.1, 0.15) is 5.52 Å². The molecule has 0 aliphatic rings. The Balaban J connectivity index is 1.18. The smallest absolute Gasteiger partial charge is 0.227 e. The third-order valence-electron chi connectivity index (χ3n) is 4.85. The Morgan fingerprint density at radius 2 is 1.66 bits per heavy atom.